The monoisotopic (exact) mass is 1040 g/mol. The number of nitrogens with two attached hydrogens (primary N) is 1. The number of hydrogen-bond acceptors (Lipinski definition) is 19. The average Bonchev–Trinajstić information content (AvgIpc) is 4.13. The van der Waals surface area contributed by atoms with Gasteiger partial charge in [0.1, 0.15) is 48.2 Å². The number of carboxylic acid groups (broad SMARTS) is 1. The number of nitriles is 1. The zero-order chi connectivity index (χ0) is 52.8. The Morgan fingerprint density at radius 1 is 0.838 bits per heavy atom. The van der Waals surface area contributed by atoms with E-state index in [4.69, 9.17) is 43.6 Å². The summed E-state index contributed by atoms with van der Waals surface area (Å²) in [7, 11) is 2.94. The predicted molar refractivity (Wildman–Crippen MR) is 257 cm³/mol. The quantitative estimate of drug-likeness (QED) is 0.0201. The third-order valence-corrected chi connectivity index (χ3v) is 11.5. The summed E-state index contributed by atoms with van der Waals surface area (Å²) in [6.07, 6.45) is -9.78. The summed E-state index contributed by atoms with van der Waals surface area (Å²) < 4.78 is 45.7. The van der Waals surface area contributed by atoms with Crippen molar-refractivity contribution < 1.29 is 91.7 Å². The molecule has 1 fully saturated rings. The van der Waals surface area contributed by atoms with Gasteiger partial charge in [0.05, 0.1) is 90.9 Å². The van der Waals surface area contributed by atoms with E-state index in [1.165, 1.54) is 48.0 Å². The van der Waals surface area contributed by atoms with Gasteiger partial charge >= 0.3 is 17.8 Å². The van der Waals surface area contributed by atoms with Crippen LogP contribution in [0.4, 0.5) is 17.2 Å². The van der Waals surface area contributed by atoms with Crippen LogP contribution in [0, 0.1) is 18.8 Å². The lowest BCUT2D eigenvalue weighted by molar-refractivity contribution is -0.679. The fraction of sp³-hybridized carbons (Fsp3) is 0.449. The van der Waals surface area contributed by atoms with Crippen LogP contribution in [0.25, 0.3) is 0 Å². The molecule has 5 amide bonds. The summed E-state index contributed by atoms with van der Waals surface area (Å²) in [6.45, 7) is 2.81. The molecule has 0 saturated carbocycles. The largest absolute Gasteiger partial charge is 0.497 e. The van der Waals surface area contributed by atoms with Gasteiger partial charge in [-0.3, -0.25) is 24.1 Å². The van der Waals surface area contributed by atoms with Crippen LogP contribution in [0.15, 0.2) is 53.6 Å². The Bertz CT molecular complexity index is 2600. The number of anilines is 3. The van der Waals surface area contributed by atoms with Crippen molar-refractivity contribution in [1.29, 1.82) is 5.26 Å². The van der Waals surface area contributed by atoms with Gasteiger partial charge in [0.25, 0.3) is 17.6 Å². The molecule has 1 aromatic heterocycles. The SMILES string of the molecule is CCOc1c(C#N)c(N)cc(NC(=O)Cc2cc(OC)ccc2OC)[n+]1Cc1ccc(O[C@@H]2O[C@H](C(=O)O)[C@@H](O)[C@H](O)[C@H]2O)c(NC(=O)CCNC(=O)CCOCCOCCOCCN2C(=O)C3=C(C3)C2=O)c1.[CH3-]. The van der Waals surface area contributed by atoms with Crippen molar-refractivity contribution in [3.63, 3.8) is 0 Å². The number of benzene rings is 2. The van der Waals surface area contributed by atoms with E-state index in [0.717, 1.165) is 0 Å². The second-order valence-electron chi connectivity index (χ2n) is 16.5. The van der Waals surface area contributed by atoms with Crippen molar-refractivity contribution in [2.45, 2.75) is 69.9 Å². The van der Waals surface area contributed by atoms with Crippen molar-refractivity contribution in [2.24, 2.45) is 0 Å². The Morgan fingerprint density at radius 2 is 1.51 bits per heavy atom. The normalized spacial score (nSPS) is 18.7. The van der Waals surface area contributed by atoms with Crippen LogP contribution in [0.2, 0.25) is 0 Å². The van der Waals surface area contributed by atoms with Gasteiger partial charge < -0.3 is 82.1 Å². The molecule has 25 nitrogen and oxygen atoms in total. The van der Waals surface area contributed by atoms with Crippen molar-refractivity contribution in [1.82, 2.24) is 10.2 Å². The number of carbonyl (C=O) groups excluding carboxylic acids is 5. The number of aromatic nitrogens is 1. The van der Waals surface area contributed by atoms with Crippen LogP contribution < -0.4 is 45.2 Å². The first-order chi connectivity index (χ1) is 35.1. The first-order valence-corrected chi connectivity index (χ1v) is 23.1. The molecule has 0 radical (unpaired) electrons. The molecular formula is C49H61N7O18. The molecule has 3 aliphatic rings. The number of aliphatic hydroxyl groups excluding tert-OH is 3. The number of carboxylic acids is 1. The first kappa shape index (κ1) is 57.5. The van der Waals surface area contributed by atoms with Crippen LogP contribution in [-0.4, -0.2) is 165 Å². The molecule has 9 N–H and O–H groups in total. The number of nitrogens with one attached hydrogen (secondary N) is 3. The van der Waals surface area contributed by atoms with Crippen LogP contribution in [0.1, 0.15) is 42.9 Å². The second-order valence-corrected chi connectivity index (χ2v) is 16.5. The molecule has 3 aromatic rings. The van der Waals surface area contributed by atoms with Gasteiger partial charge in [0.15, 0.2) is 11.7 Å². The van der Waals surface area contributed by atoms with Crippen molar-refractivity contribution in [3.8, 4) is 29.2 Å². The molecule has 25 heteroatoms. The number of rotatable bonds is 28. The third kappa shape index (κ3) is 14.6. The molecular weight excluding hydrogens is 975 g/mol. The molecule has 0 spiro atoms. The molecule has 3 heterocycles. The number of ether oxygens (including phenoxy) is 8. The maximum absolute atomic E-state index is 13.7. The molecule has 1 saturated heterocycles. The zero-order valence-corrected chi connectivity index (χ0v) is 41.3. The fourth-order valence-corrected chi connectivity index (χ4v) is 7.68. The van der Waals surface area contributed by atoms with Crippen LogP contribution in [0.5, 0.6) is 23.1 Å². The summed E-state index contributed by atoms with van der Waals surface area (Å²) >= 11 is 0. The minimum atomic E-state index is -2.01. The number of pyridine rings is 1. The van der Waals surface area contributed by atoms with E-state index in [0.29, 0.717) is 40.2 Å². The number of likely N-dealkylation sites (tertiary alicyclic amines) is 1. The van der Waals surface area contributed by atoms with Gasteiger partial charge in [0, 0.05) is 42.5 Å². The fourth-order valence-electron chi connectivity index (χ4n) is 7.68. The number of nitrogens with zero attached hydrogens (tertiary/aromatic N) is 3. The smallest absolute Gasteiger partial charge is 0.335 e. The van der Waals surface area contributed by atoms with Crippen LogP contribution in [-0.2, 0) is 60.7 Å². The van der Waals surface area contributed by atoms with E-state index in [1.807, 2.05) is 6.07 Å². The zero-order valence-electron chi connectivity index (χ0n) is 41.3. The number of aliphatic hydroxyl groups is 3. The topological polar surface area (TPSA) is 350 Å². The molecule has 2 aromatic carbocycles. The standard InChI is InChI=1S/C48H57N7O18.CH3/c1-4-71-46-31(24-49)32(50)23-36(53-39(58)21-27-20-28(66-2)6-8-34(27)67-3)55(46)25-26-5-7-35(72-48-42(61)40(59)41(60)43(73-48)47(64)65)33(19-26)52-38(57)9-11-51-37(56)10-13-68-15-17-70-18-16-69-14-12-54-44(62)29-22-30(29)45(54)63;/h5-8,19-20,23,40-43,48,59-61H,4,9-18,21-22,25H2,1-3H3,(H5,50,51,52,53,56,57,58,64,65);1H3/q;-1/p+1/t40-,41-,42+,43-,48+;/m0./s1. The minimum absolute atomic E-state index is 0. The maximum atomic E-state index is 13.7. The van der Waals surface area contributed by atoms with Crippen molar-refractivity contribution in [3.05, 3.63) is 77.7 Å². The molecule has 5 atom stereocenters. The van der Waals surface area contributed by atoms with E-state index in [2.05, 4.69) is 16.0 Å². The lowest BCUT2D eigenvalue weighted by Gasteiger charge is -2.38. The molecule has 2 aliphatic heterocycles. The molecule has 0 bridgehead atoms. The van der Waals surface area contributed by atoms with E-state index >= 15 is 0 Å². The number of methoxy groups -OCH3 is 2. The van der Waals surface area contributed by atoms with E-state index in [1.54, 1.807) is 25.1 Å². The first-order valence-electron chi connectivity index (χ1n) is 23.1. The lowest BCUT2D eigenvalue weighted by atomic mass is 9.99. The van der Waals surface area contributed by atoms with Gasteiger partial charge in [0.2, 0.25) is 18.1 Å². The number of amides is 5. The maximum Gasteiger partial charge on any atom is 0.335 e. The van der Waals surface area contributed by atoms with E-state index in [9.17, 15) is 54.5 Å². The summed E-state index contributed by atoms with van der Waals surface area (Å²) in [5.74, 6) is -2.87. The second kappa shape index (κ2) is 27.0. The van der Waals surface area contributed by atoms with Gasteiger partial charge in [-0.15, -0.1) is 0 Å². The molecule has 400 valence electrons. The van der Waals surface area contributed by atoms with Gasteiger partial charge in [-0.05, 0) is 42.8 Å². The summed E-state index contributed by atoms with van der Waals surface area (Å²) in [4.78, 5) is 76.6. The Balaban J connectivity index is 0.0000101. The number of nitrogen functional groups attached to an aromatic ring is 1. The number of aliphatic carboxylic acids is 1. The van der Waals surface area contributed by atoms with Crippen LogP contribution >= 0.6 is 0 Å². The molecule has 6 rings (SSSR count). The molecule has 74 heavy (non-hydrogen) atoms. The summed E-state index contributed by atoms with van der Waals surface area (Å²) in [5, 5.41) is 59.3. The highest BCUT2D eigenvalue weighted by molar-refractivity contribution is 6.25. The van der Waals surface area contributed by atoms with Gasteiger partial charge in [-0.2, -0.15) is 9.83 Å². The van der Waals surface area contributed by atoms with Crippen molar-refractivity contribution in [2.75, 3.05) is 89.9 Å². The summed E-state index contributed by atoms with van der Waals surface area (Å²) in [5.41, 5.74) is 8.27. The number of hydrogen-bond donors (Lipinski definition) is 8. The average molecular weight is 1040 g/mol. The van der Waals surface area contributed by atoms with Gasteiger partial charge in [-0.1, -0.05) is 6.07 Å². The number of carbonyl (C=O) groups is 6. The van der Waals surface area contributed by atoms with Crippen molar-refractivity contribution >= 4 is 52.7 Å². The molecule has 1 aliphatic carbocycles. The third-order valence-electron chi connectivity index (χ3n) is 11.5. The highest BCUT2D eigenvalue weighted by Crippen LogP contribution is 2.40. The Labute approximate surface area is 425 Å². The molecule has 0 unspecified atom stereocenters. The van der Waals surface area contributed by atoms with E-state index in [-0.39, 0.29) is 139 Å². The number of piperidine rings is 1. The highest BCUT2D eigenvalue weighted by atomic mass is 16.7. The Kier molecular flexibility index (Phi) is 21.0. The van der Waals surface area contributed by atoms with Gasteiger partial charge in [-0.25, -0.2) is 14.9 Å². The number of imide groups is 1. The van der Waals surface area contributed by atoms with E-state index < -0.39 is 54.4 Å². The van der Waals surface area contributed by atoms with Crippen LogP contribution in [0.3, 0.4) is 0 Å². The Hall–Kier alpha value is -7.44. The Morgan fingerprint density at radius 3 is 2.16 bits per heavy atom. The lowest BCUT2D eigenvalue weighted by Crippen LogP contribution is -2.61. The predicted octanol–water partition coefficient (Wildman–Crippen LogP) is -0.252. The highest BCUT2D eigenvalue weighted by Gasteiger charge is 2.49. The minimum Gasteiger partial charge on any atom is -0.497 e. The summed E-state index contributed by atoms with van der Waals surface area (Å²) in [6, 6.07) is 12.7.